The predicted octanol–water partition coefficient (Wildman–Crippen LogP) is 4.18. The van der Waals surface area contributed by atoms with E-state index < -0.39 is 21.9 Å². The van der Waals surface area contributed by atoms with Crippen LogP contribution in [0.1, 0.15) is 20.7 Å². The summed E-state index contributed by atoms with van der Waals surface area (Å²) in [6.45, 7) is 0. The van der Waals surface area contributed by atoms with Crippen molar-refractivity contribution in [3.8, 4) is 0 Å². The smallest absolute Gasteiger partial charge is 0.339 e. The van der Waals surface area contributed by atoms with Gasteiger partial charge >= 0.3 is 5.97 Å². The van der Waals surface area contributed by atoms with Gasteiger partial charge < -0.3 is 10.1 Å². The Morgan fingerprint density at radius 3 is 2.30 bits per heavy atom. The number of halogens is 1. The van der Waals surface area contributed by atoms with E-state index in [0.717, 1.165) is 0 Å². The highest BCUT2D eigenvalue weighted by Gasteiger charge is 2.21. The monoisotopic (exact) mass is 444 g/mol. The molecule has 0 bridgehead atoms. The molecule has 0 spiro atoms. The van der Waals surface area contributed by atoms with Crippen LogP contribution in [0.3, 0.4) is 0 Å². The first-order valence-corrected chi connectivity index (χ1v) is 10.5. The zero-order valence-electron chi connectivity index (χ0n) is 15.8. The van der Waals surface area contributed by atoms with E-state index in [0.29, 0.717) is 5.69 Å². The molecule has 7 nitrogen and oxygen atoms in total. The van der Waals surface area contributed by atoms with Crippen molar-refractivity contribution in [3.63, 3.8) is 0 Å². The molecule has 3 aromatic rings. The van der Waals surface area contributed by atoms with E-state index >= 15 is 0 Å². The maximum absolute atomic E-state index is 12.7. The van der Waals surface area contributed by atoms with E-state index in [1.807, 2.05) is 0 Å². The van der Waals surface area contributed by atoms with Crippen LogP contribution in [0, 0.1) is 0 Å². The molecule has 0 saturated carbocycles. The standard InChI is InChI=1S/C21H17ClN2O5S/c1-29-21(26)16-9-5-6-10-18(16)23-20(25)14-11-12-17(22)19(13-14)30(27,28)24-15-7-3-2-4-8-15/h2-13,24H,1H3,(H,23,25). The van der Waals surface area contributed by atoms with Crippen LogP contribution >= 0.6 is 11.6 Å². The maximum atomic E-state index is 12.7. The van der Waals surface area contributed by atoms with Crippen molar-refractivity contribution in [2.45, 2.75) is 4.90 Å². The lowest BCUT2D eigenvalue weighted by Crippen LogP contribution is -2.17. The summed E-state index contributed by atoms with van der Waals surface area (Å²) < 4.78 is 32.6. The molecule has 0 aliphatic rings. The van der Waals surface area contributed by atoms with Crippen LogP contribution in [0.25, 0.3) is 0 Å². The lowest BCUT2D eigenvalue weighted by atomic mass is 10.1. The number of sulfonamides is 1. The summed E-state index contributed by atoms with van der Waals surface area (Å²) in [7, 11) is -2.80. The number of benzene rings is 3. The van der Waals surface area contributed by atoms with E-state index in [1.165, 1.54) is 37.4 Å². The Labute approximate surface area is 178 Å². The average Bonchev–Trinajstić information content (AvgIpc) is 2.74. The van der Waals surface area contributed by atoms with Crippen LogP contribution in [0.4, 0.5) is 11.4 Å². The molecule has 2 N–H and O–H groups in total. The molecular weight excluding hydrogens is 428 g/mol. The summed E-state index contributed by atoms with van der Waals surface area (Å²) in [6.07, 6.45) is 0. The minimum Gasteiger partial charge on any atom is -0.465 e. The third-order valence-corrected chi connectivity index (χ3v) is 5.95. The Morgan fingerprint density at radius 2 is 1.60 bits per heavy atom. The van der Waals surface area contributed by atoms with Gasteiger partial charge in [-0.25, -0.2) is 13.2 Å². The molecule has 30 heavy (non-hydrogen) atoms. The molecule has 0 aliphatic heterocycles. The largest absolute Gasteiger partial charge is 0.465 e. The fourth-order valence-corrected chi connectivity index (χ4v) is 4.23. The van der Waals surface area contributed by atoms with Crippen molar-refractivity contribution in [3.05, 3.63) is 88.9 Å². The van der Waals surface area contributed by atoms with Crippen molar-refractivity contribution in [2.24, 2.45) is 0 Å². The van der Waals surface area contributed by atoms with Crippen molar-refractivity contribution in [1.29, 1.82) is 0 Å². The molecule has 0 heterocycles. The van der Waals surface area contributed by atoms with E-state index in [2.05, 4.69) is 10.0 Å². The van der Waals surface area contributed by atoms with E-state index in [-0.39, 0.29) is 26.7 Å². The van der Waals surface area contributed by atoms with Crippen LogP contribution in [0.5, 0.6) is 0 Å². The lowest BCUT2D eigenvalue weighted by Gasteiger charge is -2.12. The van der Waals surface area contributed by atoms with Crippen LogP contribution in [0.15, 0.2) is 77.7 Å². The first kappa shape index (κ1) is 21.4. The quantitative estimate of drug-likeness (QED) is 0.555. The Balaban J connectivity index is 1.90. The van der Waals surface area contributed by atoms with Gasteiger partial charge in [-0.2, -0.15) is 0 Å². The van der Waals surface area contributed by atoms with Gasteiger partial charge in [0.2, 0.25) is 0 Å². The first-order valence-electron chi connectivity index (χ1n) is 8.68. The number of methoxy groups -OCH3 is 1. The Morgan fingerprint density at radius 1 is 0.933 bits per heavy atom. The zero-order valence-corrected chi connectivity index (χ0v) is 17.3. The lowest BCUT2D eigenvalue weighted by molar-refractivity contribution is 0.0602. The molecule has 1 amide bonds. The Bertz CT molecular complexity index is 1200. The van der Waals surface area contributed by atoms with Crippen LogP contribution in [-0.4, -0.2) is 27.4 Å². The summed E-state index contributed by atoms with van der Waals surface area (Å²) >= 11 is 6.09. The minimum absolute atomic E-state index is 0.0371. The number of ether oxygens (including phenoxy) is 1. The molecule has 0 aromatic heterocycles. The van der Waals surface area contributed by atoms with Gasteiger partial charge in [0.25, 0.3) is 15.9 Å². The summed E-state index contributed by atoms with van der Waals surface area (Å²) in [5, 5.41) is 2.55. The molecule has 0 unspecified atom stereocenters. The number of anilines is 2. The minimum atomic E-state index is -4.03. The second-order valence-electron chi connectivity index (χ2n) is 6.11. The van der Waals surface area contributed by atoms with Crippen LogP contribution in [0.2, 0.25) is 5.02 Å². The van der Waals surface area contributed by atoms with Gasteiger partial charge in [-0.1, -0.05) is 41.9 Å². The Hall–Kier alpha value is -3.36. The summed E-state index contributed by atoms with van der Waals surface area (Å²) in [6, 6.07) is 18.5. The van der Waals surface area contributed by atoms with E-state index in [9.17, 15) is 18.0 Å². The molecule has 0 fully saturated rings. The third-order valence-electron chi connectivity index (χ3n) is 4.09. The highest BCUT2D eigenvalue weighted by molar-refractivity contribution is 7.92. The second kappa shape index (κ2) is 8.98. The highest BCUT2D eigenvalue weighted by Crippen LogP contribution is 2.26. The van der Waals surface area contributed by atoms with Crippen molar-refractivity contribution in [2.75, 3.05) is 17.1 Å². The summed E-state index contributed by atoms with van der Waals surface area (Å²) in [5.74, 6) is -1.23. The second-order valence-corrected chi connectivity index (χ2v) is 8.17. The molecule has 0 aliphatic carbocycles. The van der Waals surface area contributed by atoms with Crippen molar-refractivity contribution >= 4 is 44.9 Å². The fourth-order valence-electron chi connectivity index (χ4n) is 2.64. The molecule has 0 atom stereocenters. The predicted molar refractivity (Wildman–Crippen MR) is 114 cm³/mol. The molecule has 3 aromatic carbocycles. The third kappa shape index (κ3) is 4.79. The van der Waals surface area contributed by atoms with Crippen LogP contribution < -0.4 is 10.0 Å². The van der Waals surface area contributed by atoms with Gasteiger partial charge in [-0.15, -0.1) is 0 Å². The number of hydrogen-bond donors (Lipinski definition) is 2. The van der Waals surface area contributed by atoms with Crippen molar-refractivity contribution in [1.82, 2.24) is 0 Å². The van der Waals surface area contributed by atoms with E-state index in [4.69, 9.17) is 16.3 Å². The SMILES string of the molecule is COC(=O)c1ccccc1NC(=O)c1ccc(Cl)c(S(=O)(=O)Nc2ccccc2)c1. The molecular formula is C21H17ClN2O5S. The van der Waals surface area contributed by atoms with Gasteiger partial charge in [-0.05, 0) is 42.5 Å². The molecule has 154 valence electrons. The summed E-state index contributed by atoms with van der Waals surface area (Å²) in [5.41, 5.74) is 0.806. The van der Waals surface area contributed by atoms with Gasteiger partial charge in [0.1, 0.15) is 4.90 Å². The number of rotatable bonds is 6. The number of carbonyl (C=O) groups excluding carboxylic acids is 2. The number of amides is 1. The Kier molecular flexibility index (Phi) is 6.39. The fraction of sp³-hybridized carbons (Fsp3) is 0.0476. The van der Waals surface area contributed by atoms with Crippen molar-refractivity contribution < 1.29 is 22.7 Å². The normalized spacial score (nSPS) is 10.9. The summed E-state index contributed by atoms with van der Waals surface area (Å²) in [4.78, 5) is 24.3. The molecule has 9 heteroatoms. The topological polar surface area (TPSA) is 102 Å². The average molecular weight is 445 g/mol. The maximum Gasteiger partial charge on any atom is 0.339 e. The number of carbonyl (C=O) groups is 2. The number of nitrogens with one attached hydrogen (secondary N) is 2. The van der Waals surface area contributed by atoms with Gasteiger partial charge in [-0.3, -0.25) is 9.52 Å². The van der Waals surface area contributed by atoms with Gasteiger partial charge in [0.05, 0.1) is 23.4 Å². The van der Waals surface area contributed by atoms with Gasteiger partial charge in [0.15, 0.2) is 0 Å². The number of hydrogen-bond acceptors (Lipinski definition) is 5. The molecule has 0 saturated heterocycles. The molecule has 3 rings (SSSR count). The highest BCUT2D eigenvalue weighted by atomic mass is 35.5. The first-order chi connectivity index (χ1) is 14.3. The van der Waals surface area contributed by atoms with Crippen LogP contribution in [-0.2, 0) is 14.8 Å². The van der Waals surface area contributed by atoms with Gasteiger partial charge in [0, 0.05) is 11.3 Å². The van der Waals surface area contributed by atoms with E-state index in [1.54, 1.807) is 42.5 Å². The number of esters is 1. The number of para-hydroxylation sites is 2. The molecule has 0 radical (unpaired) electrons. The zero-order chi connectivity index (χ0) is 21.7.